The van der Waals surface area contributed by atoms with E-state index in [-0.39, 0.29) is 17.8 Å². The largest absolute Gasteiger partial charge is 0.487 e. The van der Waals surface area contributed by atoms with Crippen LogP contribution >= 0.6 is 24.4 Å². The highest BCUT2D eigenvalue weighted by Gasteiger charge is 2.22. The van der Waals surface area contributed by atoms with Crippen LogP contribution < -0.4 is 16.6 Å². The molecule has 0 spiro atoms. The third-order valence-corrected chi connectivity index (χ3v) is 4.19. The van der Waals surface area contributed by atoms with E-state index in [2.05, 4.69) is 40.9 Å². The van der Waals surface area contributed by atoms with Crippen LogP contribution in [-0.4, -0.2) is 39.4 Å². The lowest BCUT2D eigenvalue weighted by atomic mass is 10.1. The van der Waals surface area contributed by atoms with Crippen molar-refractivity contribution in [1.82, 2.24) is 4.98 Å². The molecule has 0 saturated heterocycles. The summed E-state index contributed by atoms with van der Waals surface area (Å²) in [7, 11) is -3.86. The smallest absolute Gasteiger partial charge is 0.251 e. The first-order chi connectivity index (χ1) is 13.9. The lowest BCUT2D eigenvalue weighted by Crippen LogP contribution is -2.13. The van der Waals surface area contributed by atoms with Crippen LogP contribution in [0.2, 0.25) is 0 Å². The van der Waals surface area contributed by atoms with Gasteiger partial charge in [0.25, 0.3) is 10.3 Å². The fraction of sp³-hybridized carbons (Fsp3) is 0.105. The molecule has 13 heteroatoms. The van der Waals surface area contributed by atoms with Crippen LogP contribution in [0.3, 0.4) is 0 Å². The van der Waals surface area contributed by atoms with Crippen LogP contribution in [0, 0.1) is 6.92 Å². The standard InChI is InChI=1S/C16H14N2O3S.2CH3NOS.CH4.H2O/c1-11-18-15(12-7-3-2-4-8-12)16(21-11)13-9-5-6-10-14(13)22(17,19)20;2*2-1(3)4;;/h2-10H,1H3,(H2,17,19,20);2*(H3,2,3,4);1H4;1H2. The highest BCUT2D eigenvalue weighted by molar-refractivity contribution is 7.89. The van der Waals surface area contributed by atoms with E-state index in [0.717, 1.165) is 5.56 Å². The fourth-order valence-corrected chi connectivity index (χ4v) is 3.04. The summed E-state index contributed by atoms with van der Waals surface area (Å²) in [5, 5.41) is 19.4. The van der Waals surface area contributed by atoms with Crippen LogP contribution in [0.15, 0.2) is 63.9 Å². The lowest BCUT2D eigenvalue weighted by Gasteiger charge is -2.06. The number of aromatic nitrogens is 1. The van der Waals surface area contributed by atoms with Gasteiger partial charge in [-0.25, -0.2) is 18.5 Å². The molecule has 32 heavy (non-hydrogen) atoms. The van der Waals surface area contributed by atoms with Gasteiger partial charge >= 0.3 is 0 Å². The maximum atomic E-state index is 11.8. The number of sulfonamides is 1. The highest BCUT2D eigenvalue weighted by atomic mass is 32.2. The Morgan fingerprint density at radius 2 is 1.41 bits per heavy atom. The first-order valence-electron chi connectivity index (χ1n) is 8.05. The van der Waals surface area contributed by atoms with Crippen LogP contribution in [-0.2, 0) is 10.0 Å². The van der Waals surface area contributed by atoms with Gasteiger partial charge in [-0.15, -0.1) is 0 Å². The van der Waals surface area contributed by atoms with Crippen molar-refractivity contribution in [3.63, 3.8) is 0 Å². The van der Waals surface area contributed by atoms with Crippen molar-refractivity contribution in [3.05, 3.63) is 60.5 Å². The van der Waals surface area contributed by atoms with Crippen molar-refractivity contribution in [2.24, 2.45) is 16.6 Å². The summed E-state index contributed by atoms with van der Waals surface area (Å²) in [4.78, 5) is 4.40. The Hall–Kier alpha value is -3.10. The molecule has 0 aliphatic carbocycles. The molecule has 0 aliphatic rings. The molecule has 0 radical (unpaired) electrons. The molecule has 2 aromatic carbocycles. The van der Waals surface area contributed by atoms with E-state index in [9.17, 15) is 8.42 Å². The molecule has 0 fully saturated rings. The first kappa shape index (κ1) is 31.1. The van der Waals surface area contributed by atoms with Crippen LogP contribution in [0.5, 0.6) is 0 Å². The van der Waals surface area contributed by atoms with Gasteiger partial charge in [0, 0.05) is 18.1 Å². The van der Waals surface area contributed by atoms with Gasteiger partial charge in [-0.05, 0) is 36.6 Å². The van der Waals surface area contributed by atoms with Crippen molar-refractivity contribution >= 4 is 44.8 Å². The molecule has 0 bridgehead atoms. The van der Waals surface area contributed by atoms with E-state index in [1.54, 1.807) is 25.1 Å². The molecule has 1 aromatic heterocycles. The van der Waals surface area contributed by atoms with Gasteiger partial charge in [0.1, 0.15) is 5.69 Å². The highest BCUT2D eigenvalue weighted by Crippen LogP contribution is 2.35. The van der Waals surface area contributed by atoms with Crippen LogP contribution in [0.25, 0.3) is 22.6 Å². The van der Waals surface area contributed by atoms with E-state index >= 15 is 0 Å². The Bertz CT molecular complexity index is 1100. The predicted molar refractivity (Wildman–Crippen MR) is 133 cm³/mol. The summed E-state index contributed by atoms with van der Waals surface area (Å²) in [6, 6.07) is 15.9. The Balaban J connectivity index is 0. The minimum atomic E-state index is -3.86. The summed E-state index contributed by atoms with van der Waals surface area (Å²) in [5.41, 5.74) is 10.6. The number of oxazole rings is 1. The molecular weight excluding hydrogens is 476 g/mol. The number of aliphatic hydroxyl groups is 2. The second-order valence-electron chi connectivity index (χ2n) is 5.49. The van der Waals surface area contributed by atoms with E-state index in [1.807, 2.05) is 30.3 Å². The average Bonchev–Trinajstić information content (AvgIpc) is 3.02. The Kier molecular flexibility index (Phi) is 13.7. The molecule has 10 nitrogen and oxygen atoms in total. The molecular formula is C19H26N4O6S3. The van der Waals surface area contributed by atoms with Crippen molar-refractivity contribution in [2.75, 3.05) is 0 Å². The van der Waals surface area contributed by atoms with Gasteiger partial charge in [-0.3, -0.25) is 0 Å². The minimum Gasteiger partial charge on any atom is -0.487 e. The zero-order valence-electron chi connectivity index (χ0n) is 16.2. The maximum absolute atomic E-state index is 11.8. The van der Waals surface area contributed by atoms with E-state index < -0.39 is 20.4 Å². The quantitative estimate of drug-likeness (QED) is 0.330. The third kappa shape index (κ3) is 10.3. The molecule has 0 aliphatic heterocycles. The Labute approximate surface area is 197 Å². The second kappa shape index (κ2) is 14.1. The average molecular weight is 503 g/mol. The normalized spacial score (nSPS) is 9.44. The zero-order chi connectivity index (χ0) is 22.9. The topological polar surface area (TPSA) is 210 Å². The van der Waals surface area contributed by atoms with Gasteiger partial charge in [0.05, 0.1) is 4.90 Å². The number of hydrogen-bond donors (Lipinski definition) is 5. The molecule has 3 rings (SSSR count). The minimum absolute atomic E-state index is 0. The van der Waals surface area contributed by atoms with Crippen LogP contribution in [0.4, 0.5) is 0 Å². The first-order valence-corrected chi connectivity index (χ1v) is 10.4. The zero-order valence-corrected chi connectivity index (χ0v) is 18.7. The lowest BCUT2D eigenvalue weighted by molar-refractivity contribution is 0.532. The number of aliphatic hydroxyl groups excluding tert-OH is 2. The molecule has 0 amide bonds. The number of rotatable bonds is 3. The van der Waals surface area contributed by atoms with E-state index in [1.165, 1.54) is 6.07 Å². The molecule has 176 valence electrons. The SMILES string of the molecule is C.Cc1nc(-c2ccccc2)c(-c2ccccc2S(N)(=O)=O)o1.NC(O)=S.NC(O)=S.O. The van der Waals surface area contributed by atoms with Gasteiger partial charge in [0.15, 0.2) is 11.7 Å². The third-order valence-electron chi connectivity index (χ3n) is 3.22. The van der Waals surface area contributed by atoms with E-state index in [0.29, 0.717) is 22.9 Å². The Morgan fingerprint density at radius 1 is 0.969 bits per heavy atom. The molecule has 0 saturated carbocycles. The number of nitrogens with zero attached hydrogens (tertiary/aromatic N) is 1. The van der Waals surface area contributed by atoms with Crippen molar-refractivity contribution in [3.8, 4) is 22.6 Å². The summed E-state index contributed by atoms with van der Waals surface area (Å²) in [6.07, 6.45) is 0. The number of hydrogen-bond acceptors (Lipinski definition) is 6. The summed E-state index contributed by atoms with van der Waals surface area (Å²) in [6.45, 7) is 1.72. The van der Waals surface area contributed by atoms with Gasteiger partial charge < -0.3 is 31.6 Å². The molecule has 3 aromatic rings. The van der Waals surface area contributed by atoms with Crippen LogP contribution in [0.1, 0.15) is 13.3 Å². The van der Waals surface area contributed by atoms with Gasteiger partial charge in [-0.1, -0.05) is 49.9 Å². The summed E-state index contributed by atoms with van der Waals surface area (Å²) < 4.78 is 29.3. The molecule has 1 heterocycles. The number of aryl methyl sites for hydroxylation is 1. The second-order valence-corrected chi connectivity index (χ2v) is 7.86. The van der Waals surface area contributed by atoms with Crippen molar-refractivity contribution in [1.29, 1.82) is 0 Å². The Morgan fingerprint density at radius 3 is 1.88 bits per heavy atom. The number of benzene rings is 2. The van der Waals surface area contributed by atoms with Gasteiger partial charge in [0.2, 0.25) is 10.0 Å². The van der Waals surface area contributed by atoms with Crippen molar-refractivity contribution in [2.45, 2.75) is 19.2 Å². The molecule has 0 atom stereocenters. The summed E-state index contributed by atoms with van der Waals surface area (Å²) >= 11 is 7.74. The predicted octanol–water partition coefficient (Wildman–Crippen LogP) is 2.35. The molecule has 10 N–H and O–H groups in total. The van der Waals surface area contributed by atoms with Gasteiger partial charge in [-0.2, -0.15) is 0 Å². The number of nitrogens with two attached hydrogens (primary N) is 3. The fourth-order valence-electron chi connectivity index (χ4n) is 2.30. The molecule has 0 unspecified atom stereocenters. The van der Waals surface area contributed by atoms with Crippen molar-refractivity contribution < 1.29 is 28.5 Å². The number of thiocarbonyl (C=S) groups is 2. The number of primary sulfonamides is 1. The van der Waals surface area contributed by atoms with E-state index in [4.69, 9.17) is 19.8 Å². The summed E-state index contributed by atoms with van der Waals surface area (Å²) in [5.74, 6) is 0.853. The monoisotopic (exact) mass is 502 g/mol. The maximum Gasteiger partial charge on any atom is 0.251 e.